The molecule has 0 bridgehead atoms. The fourth-order valence-corrected chi connectivity index (χ4v) is 2.16. The molecule has 0 amide bonds. The van der Waals surface area contributed by atoms with Crippen LogP contribution in [0.1, 0.15) is 12.8 Å². The number of hydrogen-bond acceptors (Lipinski definition) is 3. The second-order valence-electron chi connectivity index (χ2n) is 4.29. The van der Waals surface area contributed by atoms with E-state index >= 15 is 0 Å². The second-order valence-corrected chi connectivity index (χ2v) is 4.29. The zero-order valence-corrected chi connectivity index (χ0v) is 8.35. The van der Waals surface area contributed by atoms with E-state index in [1.165, 1.54) is 12.8 Å². The maximum absolute atomic E-state index is 8.15. The summed E-state index contributed by atoms with van der Waals surface area (Å²) in [5, 5.41) is 3.55. The molecule has 5 heteroatoms. The van der Waals surface area contributed by atoms with Gasteiger partial charge in [0, 0.05) is 23.4 Å². The smallest absolute Gasteiger partial charge is 0.0545 e. The molecule has 2 heterocycles. The van der Waals surface area contributed by atoms with Crippen LogP contribution in [0.25, 0.3) is 10.4 Å². The molecule has 14 heavy (non-hydrogen) atoms. The van der Waals surface area contributed by atoms with E-state index in [1.807, 2.05) is 0 Å². The number of ether oxygens (including phenoxy) is 1. The van der Waals surface area contributed by atoms with Crippen molar-refractivity contribution in [2.75, 3.05) is 39.4 Å². The summed E-state index contributed by atoms with van der Waals surface area (Å²) in [7, 11) is 0. The van der Waals surface area contributed by atoms with Crippen molar-refractivity contribution in [1.29, 1.82) is 0 Å². The van der Waals surface area contributed by atoms with Crippen molar-refractivity contribution in [2.24, 2.45) is 10.5 Å². The fourth-order valence-electron chi connectivity index (χ4n) is 2.16. The van der Waals surface area contributed by atoms with Crippen LogP contribution in [-0.2, 0) is 4.74 Å². The summed E-state index contributed by atoms with van der Waals surface area (Å²) in [5.74, 6) is 0. The van der Waals surface area contributed by atoms with Crippen LogP contribution in [0.4, 0.5) is 0 Å². The van der Waals surface area contributed by atoms with Crippen molar-refractivity contribution in [2.45, 2.75) is 12.8 Å². The van der Waals surface area contributed by atoms with Gasteiger partial charge in [0.05, 0.1) is 13.2 Å². The van der Waals surface area contributed by atoms with E-state index in [0.717, 1.165) is 32.8 Å². The second kappa shape index (κ2) is 4.17. The Labute approximate surface area is 83.7 Å². The van der Waals surface area contributed by atoms with Crippen LogP contribution in [0.2, 0.25) is 0 Å². The van der Waals surface area contributed by atoms with Crippen LogP contribution in [0.15, 0.2) is 5.11 Å². The Morgan fingerprint density at radius 1 is 1.36 bits per heavy atom. The van der Waals surface area contributed by atoms with Gasteiger partial charge in [0.15, 0.2) is 0 Å². The lowest BCUT2D eigenvalue weighted by molar-refractivity contribution is -0.139. The molecule has 0 aromatic rings. The normalized spacial score (nSPS) is 25.4. The van der Waals surface area contributed by atoms with Crippen molar-refractivity contribution in [3.05, 3.63) is 10.4 Å². The van der Waals surface area contributed by atoms with Gasteiger partial charge < -0.3 is 9.64 Å². The van der Waals surface area contributed by atoms with Crippen LogP contribution in [0.5, 0.6) is 0 Å². The number of piperidine rings is 1. The highest BCUT2D eigenvalue weighted by Gasteiger charge is 2.40. The first-order valence-electron chi connectivity index (χ1n) is 5.16. The Balaban J connectivity index is 1.70. The van der Waals surface area contributed by atoms with E-state index in [1.54, 1.807) is 0 Å². The lowest BCUT2D eigenvalue weighted by atomic mass is 9.77. The predicted octanol–water partition coefficient (Wildman–Crippen LogP) is 1.41. The Morgan fingerprint density at radius 2 is 2.07 bits per heavy atom. The monoisotopic (exact) mass is 196 g/mol. The van der Waals surface area contributed by atoms with Gasteiger partial charge in [-0.25, -0.2) is 0 Å². The molecule has 0 saturated carbocycles. The Bertz CT molecular complexity index is 235. The zero-order chi connectivity index (χ0) is 9.86. The molecule has 0 radical (unpaired) electrons. The first-order valence-corrected chi connectivity index (χ1v) is 5.16. The Hall–Kier alpha value is -0.770. The largest absolute Gasteiger partial charge is 0.380 e. The van der Waals surface area contributed by atoms with Crippen molar-refractivity contribution in [3.63, 3.8) is 0 Å². The molecule has 0 unspecified atom stereocenters. The SMILES string of the molecule is [N-]=[N+]=NCCN1CCC2(CC1)COC2. The van der Waals surface area contributed by atoms with Gasteiger partial charge in [-0.2, -0.15) is 0 Å². The third-order valence-electron chi connectivity index (χ3n) is 3.31. The number of rotatable bonds is 3. The molecule has 0 N–H and O–H groups in total. The average Bonchev–Trinajstić information content (AvgIpc) is 2.17. The summed E-state index contributed by atoms with van der Waals surface area (Å²) in [6.07, 6.45) is 2.48. The van der Waals surface area contributed by atoms with Crippen LogP contribution in [0.3, 0.4) is 0 Å². The highest BCUT2D eigenvalue weighted by atomic mass is 16.5. The maximum atomic E-state index is 8.15. The predicted molar refractivity (Wildman–Crippen MR) is 52.9 cm³/mol. The van der Waals surface area contributed by atoms with Crippen molar-refractivity contribution < 1.29 is 4.74 Å². The van der Waals surface area contributed by atoms with Gasteiger partial charge in [-0.1, -0.05) is 5.11 Å². The summed E-state index contributed by atoms with van der Waals surface area (Å²) in [6.45, 7) is 5.67. The molecular formula is C9H16N4O. The minimum atomic E-state index is 0.509. The summed E-state index contributed by atoms with van der Waals surface area (Å²) < 4.78 is 5.26. The van der Waals surface area contributed by atoms with Crippen molar-refractivity contribution in [3.8, 4) is 0 Å². The van der Waals surface area contributed by atoms with E-state index in [0.29, 0.717) is 12.0 Å². The van der Waals surface area contributed by atoms with E-state index < -0.39 is 0 Å². The molecule has 5 nitrogen and oxygen atoms in total. The minimum Gasteiger partial charge on any atom is -0.380 e. The third kappa shape index (κ3) is 2.00. The summed E-state index contributed by atoms with van der Waals surface area (Å²) in [6, 6.07) is 0. The van der Waals surface area contributed by atoms with Gasteiger partial charge in [0.1, 0.15) is 0 Å². The molecule has 0 aliphatic carbocycles. The third-order valence-corrected chi connectivity index (χ3v) is 3.31. The molecule has 2 aliphatic heterocycles. The van der Waals surface area contributed by atoms with Gasteiger partial charge in [0.25, 0.3) is 0 Å². The minimum absolute atomic E-state index is 0.509. The topological polar surface area (TPSA) is 61.2 Å². The lowest BCUT2D eigenvalue weighted by Gasteiger charge is -2.47. The molecular weight excluding hydrogens is 180 g/mol. The number of likely N-dealkylation sites (tertiary alicyclic amines) is 1. The Morgan fingerprint density at radius 3 is 2.57 bits per heavy atom. The van der Waals surface area contributed by atoms with Crippen LogP contribution >= 0.6 is 0 Å². The molecule has 0 aromatic heterocycles. The van der Waals surface area contributed by atoms with Crippen LogP contribution < -0.4 is 0 Å². The van der Waals surface area contributed by atoms with Crippen molar-refractivity contribution >= 4 is 0 Å². The number of nitrogens with zero attached hydrogens (tertiary/aromatic N) is 4. The lowest BCUT2D eigenvalue weighted by Crippen LogP contribution is -2.51. The summed E-state index contributed by atoms with van der Waals surface area (Å²) in [4.78, 5) is 5.13. The number of hydrogen-bond donors (Lipinski definition) is 0. The van der Waals surface area contributed by atoms with Crippen molar-refractivity contribution in [1.82, 2.24) is 4.90 Å². The maximum Gasteiger partial charge on any atom is 0.0545 e. The van der Waals surface area contributed by atoms with Gasteiger partial charge >= 0.3 is 0 Å². The fraction of sp³-hybridized carbons (Fsp3) is 1.00. The molecule has 78 valence electrons. The van der Waals surface area contributed by atoms with Gasteiger partial charge in [-0.3, -0.25) is 0 Å². The zero-order valence-electron chi connectivity index (χ0n) is 8.35. The molecule has 2 aliphatic rings. The van der Waals surface area contributed by atoms with Gasteiger partial charge in [-0.05, 0) is 31.5 Å². The number of azide groups is 1. The Kier molecular flexibility index (Phi) is 2.91. The summed E-state index contributed by atoms with van der Waals surface area (Å²) in [5.41, 5.74) is 8.66. The summed E-state index contributed by atoms with van der Waals surface area (Å²) >= 11 is 0. The molecule has 2 saturated heterocycles. The standard InChI is InChI=1S/C9H16N4O/c10-12-11-3-6-13-4-1-9(2-5-13)7-14-8-9/h1-8H2. The average molecular weight is 196 g/mol. The van der Waals surface area contributed by atoms with Crippen LogP contribution in [0, 0.1) is 5.41 Å². The van der Waals surface area contributed by atoms with E-state index in [-0.39, 0.29) is 0 Å². The molecule has 2 fully saturated rings. The van der Waals surface area contributed by atoms with E-state index in [2.05, 4.69) is 14.9 Å². The van der Waals surface area contributed by atoms with E-state index in [9.17, 15) is 0 Å². The van der Waals surface area contributed by atoms with E-state index in [4.69, 9.17) is 10.3 Å². The van der Waals surface area contributed by atoms with Gasteiger partial charge in [0.2, 0.25) is 0 Å². The molecule has 2 rings (SSSR count). The quantitative estimate of drug-likeness (QED) is 0.389. The molecule has 0 aromatic carbocycles. The first-order chi connectivity index (χ1) is 6.85. The molecule has 1 spiro atoms. The van der Waals surface area contributed by atoms with Crippen LogP contribution in [-0.4, -0.2) is 44.3 Å². The first kappa shape index (κ1) is 9.77. The molecule has 0 atom stereocenters. The highest BCUT2D eigenvalue weighted by Crippen LogP contribution is 2.38. The highest BCUT2D eigenvalue weighted by molar-refractivity contribution is 4.90. The van der Waals surface area contributed by atoms with Gasteiger partial charge in [-0.15, -0.1) is 0 Å².